The minimum atomic E-state index is -2.20. The lowest BCUT2D eigenvalue weighted by Gasteiger charge is -2.34. The standard InChI is InChI=1S/C9H19F2N3/c1-12-2-3-13-4-6-14(7-5-13)8-9(10)11/h9,12H,2-8H2,1H3. The van der Waals surface area contributed by atoms with Crippen LogP contribution in [0, 0.1) is 0 Å². The van der Waals surface area contributed by atoms with E-state index in [0.717, 1.165) is 39.3 Å². The number of alkyl halides is 2. The average molecular weight is 207 g/mol. The summed E-state index contributed by atoms with van der Waals surface area (Å²) in [6.45, 7) is 5.28. The quantitative estimate of drug-likeness (QED) is 0.689. The second kappa shape index (κ2) is 6.27. The van der Waals surface area contributed by atoms with Crippen LogP contribution in [-0.2, 0) is 0 Å². The third-order valence-corrected chi connectivity index (χ3v) is 2.54. The molecule has 0 saturated carbocycles. The van der Waals surface area contributed by atoms with Crippen LogP contribution in [-0.4, -0.2) is 69.1 Å². The Bertz CT molecular complexity index is 147. The number of hydrogen-bond donors (Lipinski definition) is 1. The van der Waals surface area contributed by atoms with Crippen molar-refractivity contribution in [1.82, 2.24) is 15.1 Å². The third-order valence-electron chi connectivity index (χ3n) is 2.54. The van der Waals surface area contributed by atoms with Crippen molar-refractivity contribution < 1.29 is 8.78 Å². The fourth-order valence-corrected chi connectivity index (χ4v) is 1.66. The van der Waals surface area contributed by atoms with Crippen molar-refractivity contribution in [2.24, 2.45) is 0 Å². The molecule has 1 fully saturated rings. The largest absolute Gasteiger partial charge is 0.318 e. The van der Waals surface area contributed by atoms with Gasteiger partial charge in [-0.25, -0.2) is 8.78 Å². The van der Waals surface area contributed by atoms with Crippen LogP contribution < -0.4 is 5.32 Å². The van der Waals surface area contributed by atoms with Crippen LogP contribution in [0.5, 0.6) is 0 Å². The maximum absolute atomic E-state index is 12.1. The molecule has 3 nitrogen and oxygen atoms in total. The van der Waals surface area contributed by atoms with Crippen molar-refractivity contribution in [3.8, 4) is 0 Å². The number of halogens is 2. The van der Waals surface area contributed by atoms with Gasteiger partial charge in [0.1, 0.15) is 0 Å². The van der Waals surface area contributed by atoms with E-state index in [9.17, 15) is 8.78 Å². The highest BCUT2D eigenvalue weighted by Gasteiger charge is 2.18. The normalized spacial score (nSPS) is 20.6. The Morgan fingerprint density at radius 1 is 1.14 bits per heavy atom. The lowest BCUT2D eigenvalue weighted by atomic mass is 10.3. The van der Waals surface area contributed by atoms with Crippen LogP contribution in [0.4, 0.5) is 8.78 Å². The molecule has 1 aliphatic rings. The van der Waals surface area contributed by atoms with E-state index in [4.69, 9.17) is 0 Å². The second-order valence-electron chi connectivity index (χ2n) is 3.64. The highest BCUT2D eigenvalue weighted by Crippen LogP contribution is 2.04. The molecule has 0 aromatic rings. The third kappa shape index (κ3) is 4.30. The van der Waals surface area contributed by atoms with Gasteiger partial charge in [-0.1, -0.05) is 0 Å². The summed E-state index contributed by atoms with van der Waals surface area (Å²) in [5.41, 5.74) is 0. The number of nitrogens with zero attached hydrogens (tertiary/aromatic N) is 2. The highest BCUT2D eigenvalue weighted by molar-refractivity contribution is 4.72. The van der Waals surface area contributed by atoms with Crippen molar-refractivity contribution in [3.63, 3.8) is 0 Å². The van der Waals surface area contributed by atoms with E-state index in [1.54, 1.807) is 0 Å². The van der Waals surface area contributed by atoms with Gasteiger partial charge in [-0.15, -0.1) is 0 Å². The van der Waals surface area contributed by atoms with Gasteiger partial charge in [-0.3, -0.25) is 9.80 Å². The van der Waals surface area contributed by atoms with Crippen molar-refractivity contribution in [3.05, 3.63) is 0 Å². The molecule has 0 unspecified atom stereocenters. The van der Waals surface area contributed by atoms with Gasteiger partial charge in [0.2, 0.25) is 0 Å². The maximum Gasteiger partial charge on any atom is 0.251 e. The first-order valence-electron chi connectivity index (χ1n) is 5.10. The molecule has 0 aromatic carbocycles. The summed E-state index contributed by atoms with van der Waals surface area (Å²) in [5.74, 6) is 0. The van der Waals surface area contributed by atoms with Gasteiger partial charge >= 0.3 is 0 Å². The second-order valence-corrected chi connectivity index (χ2v) is 3.64. The molecule has 1 N–H and O–H groups in total. The zero-order valence-electron chi connectivity index (χ0n) is 8.68. The van der Waals surface area contributed by atoms with Crippen LogP contribution in [0.1, 0.15) is 0 Å². The van der Waals surface area contributed by atoms with Crippen LogP contribution in [0.2, 0.25) is 0 Å². The van der Waals surface area contributed by atoms with E-state index < -0.39 is 6.43 Å². The Kier molecular flexibility index (Phi) is 5.29. The Morgan fingerprint density at radius 3 is 2.21 bits per heavy atom. The average Bonchev–Trinajstić information content (AvgIpc) is 2.16. The molecule has 0 amide bonds. The van der Waals surface area contributed by atoms with Gasteiger partial charge in [-0.05, 0) is 7.05 Å². The van der Waals surface area contributed by atoms with Crippen molar-refractivity contribution in [2.45, 2.75) is 6.43 Å². The number of nitrogens with one attached hydrogen (secondary N) is 1. The summed E-state index contributed by atoms with van der Waals surface area (Å²) in [7, 11) is 1.92. The summed E-state index contributed by atoms with van der Waals surface area (Å²) in [4.78, 5) is 4.14. The molecule has 84 valence electrons. The molecule has 0 bridgehead atoms. The highest BCUT2D eigenvalue weighted by atomic mass is 19.3. The SMILES string of the molecule is CNCCN1CCN(CC(F)F)CC1. The molecule has 14 heavy (non-hydrogen) atoms. The Morgan fingerprint density at radius 2 is 1.71 bits per heavy atom. The van der Waals surface area contributed by atoms with Gasteiger partial charge in [0, 0.05) is 39.3 Å². The van der Waals surface area contributed by atoms with Gasteiger partial charge in [0.25, 0.3) is 6.43 Å². The first-order chi connectivity index (χ1) is 6.72. The van der Waals surface area contributed by atoms with E-state index in [-0.39, 0.29) is 6.54 Å². The smallest absolute Gasteiger partial charge is 0.251 e. The Labute approximate surface area is 84.1 Å². The maximum atomic E-state index is 12.1. The number of likely N-dealkylation sites (N-methyl/N-ethyl adjacent to an activating group) is 1. The number of hydrogen-bond acceptors (Lipinski definition) is 3. The summed E-state index contributed by atoms with van der Waals surface area (Å²) in [5, 5.41) is 3.08. The fourth-order valence-electron chi connectivity index (χ4n) is 1.66. The molecule has 1 saturated heterocycles. The summed E-state index contributed by atoms with van der Waals surface area (Å²) in [6, 6.07) is 0. The molecule has 0 aliphatic carbocycles. The molecule has 5 heteroatoms. The van der Waals surface area contributed by atoms with Crippen LogP contribution in [0.25, 0.3) is 0 Å². The van der Waals surface area contributed by atoms with Gasteiger partial charge in [0.15, 0.2) is 0 Å². The lowest BCUT2D eigenvalue weighted by molar-refractivity contribution is 0.0567. The topological polar surface area (TPSA) is 18.5 Å². The monoisotopic (exact) mass is 207 g/mol. The summed E-state index contributed by atoms with van der Waals surface area (Å²) in [6.07, 6.45) is -2.20. The summed E-state index contributed by atoms with van der Waals surface area (Å²) < 4.78 is 24.1. The molecular formula is C9H19F2N3. The fraction of sp³-hybridized carbons (Fsp3) is 1.00. The zero-order chi connectivity index (χ0) is 10.4. The molecule has 0 spiro atoms. The van der Waals surface area contributed by atoms with Crippen molar-refractivity contribution >= 4 is 0 Å². The lowest BCUT2D eigenvalue weighted by Crippen LogP contribution is -2.49. The Balaban J connectivity index is 2.11. The van der Waals surface area contributed by atoms with E-state index in [1.807, 2.05) is 11.9 Å². The minimum Gasteiger partial charge on any atom is -0.318 e. The first kappa shape index (κ1) is 11.8. The van der Waals surface area contributed by atoms with E-state index in [1.165, 1.54) is 0 Å². The van der Waals surface area contributed by atoms with E-state index in [2.05, 4.69) is 10.2 Å². The first-order valence-corrected chi connectivity index (χ1v) is 5.10. The van der Waals surface area contributed by atoms with Gasteiger partial charge in [0.05, 0.1) is 6.54 Å². The minimum absolute atomic E-state index is 0.0696. The zero-order valence-corrected chi connectivity index (χ0v) is 8.68. The molecular weight excluding hydrogens is 188 g/mol. The molecule has 1 rings (SSSR count). The molecule has 0 atom stereocenters. The molecule has 1 aliphatic heterocycles. The van der Waals surface area contributed by atoms with Crippen molar-refractivity contribution in [1.29, 1.82) is 0 Å². The van der Waals surface area contributed by atoms with Gasteiger partial charge < -0.3 is 5.32 Å². The van der Waals surface area contributed by atoms with E-state index >= 15 is 0 Å². The van der Waals surface area contributed by atoms with Crippen LogP contribution in [0.3, 0.4) is 0 Å². The van der Waals surface area contributed by atoms with Crippen molar-refractivity contribution in [2.75, 3.05) is 52.9 Å². The number of piperazine rings is 1. The Hall–Kier alpha value is -0.260. The predicted octanol–water partition coefficient (Wildman–Crippen LogP) is 0.0885. The summed E-state index contributed by atoms with van der Waals surface area (Å²) >= 11 is 0. The van der Waals surface area contributed by atoms with Crippen LogP contribution >= 0.6 is 0 Å². The molecule has 0 aromatic heterocycles. The van der Waals surface area contributed by atoms with Gasteiger partial charge in [-0.2, -0.15) is 0 Å². The predicted molar refractivity (Wildman–Crippen MR) is 52.8 cm³/mol. The molecule has 1 heterocycles. The molecule has 0 radical (unpaired) electrons. The van der Waals surface area contributed by atoms with E-state index in [0.29, 0.717) is 0 Å². The van der Waals surface area contributed by atoms with Crippen LogP contribution in [0.15, 0.2) is 0 Å². The number of rotatable bonds is 5.